The molecule has 0 spiro atoms. The van der Waals surface area contributed by atoms with Crippen LogP contribution in [0.2, 0.25) is 0 Å². The molecule has 4 rings (SSSR count). The summed E-state index contributed by atoms with van der Waals surface area (Å²) >= 11 is 0. The molecule has 0 aliphatic rings. The minimum atomic E-state index is -2.88. The van der Waals surface area contributed by atoms with E-state index in [1.165, 1.54) is 0 Å². The monoisotopic (exact) mass is 424 g/mol. The Morgan fingerprint density at radius 1 is 0.613 bits per heavy atom. The van der Waals surface area contributed by atoms with Crippen LogP contribution in [0.15, 0.2) is 121 Å². The van der Waals surface area contributed by atoms with E-state index in [2.05, 4.69) is 0 Å². The molecule has 0 aliphatic carbocycles. The van der Waals surface area contributed by atoms with Crippen molar-refractivity contribution in [3.05, 3.63) is 132 Å². The van der Waals surface area contributed by atoms with E-state index < -0.39 is 7.14 Å². The Bertz CT molecular complexity index is 1110. The Morgan fingerprint density at radius 2 is 1.03 bits per heavy atom. The molecule has 0 heterocycles. The lowest BCUT2D eigenvalue weighted by Gasteiger charge is -2.23. The highest BCUT2D eigenvalue weighted by molar-refractivity contribution is 7.78. The summed E-state index contributed by atoms with van der Waals surface area (Å²) in [7, 11) is -2.88. The maximum Gasteiger partial charge on any atom is 0.170 e. The highest BCUT2D eigenvalue weighted by atomic mass is 31.2. The highest BCUT2D eigenvalue weighted by Crippen LogP contribution is 2.45. The second-order valence-corrected chi connectivity index (χ2v) is 10.6. The summed E-state index contributed by atoms with van der Waals surface area (Å²) in [6, 6.07) is 38.5. The second kappa shape index (κ2) is 9.73. The van der Waals surface area contributed by atoms with Crippen LogP contribution >= 0.6 is 7.14 Å². The Labute approximate surface area is 184 Å². The van der Waals surface area contributed by atoms with Crippen molar-refractivity contribution < 1.29 is 9.36 Å². The molecule has 0 radical (unpaired) electrons. The van der Waals surface area contributed by atoms with E-state index in [1.807, 2.05) is 121 Å². The van der Waals surface area contributed by atoms with Crippen LogP contribution in [0.3, 0.4) is 0 Å². The molecule has 31 heavy (non-hydrogen) atoms. The van der Waals surface area contributed by atoms with Crippen molar-refractivity contribution >= 4 is 23.5 Å². The van der Waals surface area contributed by atoms with Crippen LogP contribution in [-0.2, 0) is 4.57 Å². The van der Waals surface area contributed by atoms with Gasteiger partial charge in [-0.05, 0) is 12.0 Å². The van der Waals surface area contributed by atoms with Gasteiger partial charge in [0.1, 0.15) is 7.14 Å². The van der Waals surface area contributed by atoms with Crippen molar-refractivity contribution in [3.63, 3.8) is 0 Å². The number of carbonyl (C=O) groups is 1. The fourth-order valence-electron chi connectivity index (χ4n) is 3.99. The second-order valence-electron chi connectivity index (χ2n) is 7.62. The number of hydrogen-bond acceptors (Lipinski definition) is 2. The zero-order valence-corrected chi connectivity index (χ0v) is 18.2. The van der Waals surface area contributed by atoms with Crippen molar-refractivity contribution in [2.75, 3.05) is 6.16 Å². The summed E-state index contributed by atoms with van der Waals surface area (Å²) in [4.78, 5) is 13.4. The number of hydrogen-bond donors (Lipinski definition) is 0. The van der Waals surface area contributed by atoms with Crippen LogP contribution in [0, 0.1) is 0 Å². The van der Waals surface area contributed by atoms with Crippen molar-refractivity contribution in [1.82, 2.24) is 0 Å². The van der Waals surface area contributed by atoms with Crippen molar-refractivity contribution in [3.8, 4) is 0 Å². The lowest BCUT2D eigenvalue weighted by Crippen LogP contribution is -2.21. The number of benzene rings is 4. The lowest BCUT2D eigenvalue weighted by atomic mass is 9.88. The van der Waals surface area contributed by atoms with Crippen molar-refractivity contribution in [2.45, 2.75) is 12.3 Å². The molecule has 0 N–H and O–H groups in total. The number of Topliss-reactive ketones (excluding diaryl/α,β-unsaturated/α-hetero) is 1. The minimum absolute atomic E-state index is 0.0690. The SMILES string of the molecule is O=C(c1ccccc1)C(CCP(=O)(c1ccccc1)c1ccccc1)c1ccccc1. The van der Waals surface area contributed by atoms with Crippen LogP contribution in [-0.4, -0.2) is 11.9 Å². The molecule has 3 heteroatoms. The van der Waals surface area contributed by atoms with Crippen LogP contribution in [0.4, 0.5) is 0 Å². The van der Waals surface area contributed by atoms with Crippen LogP contribution in [0.1, 0.15) is 28.3 Å². The zero-order valence-electron chi connectivity index (χ0n) is 17.3. The molecule has 2 nitrogen and oxygen atoms in total. The Balaban J connectivity index is 1.70. The molecule has 1 atom stereocenters. The molecule has 0 fully saturated rings. The Hall–Kier alpha value is -3.22. The maximum atomic E-state index is 14.4. The van der Waals surface area contributed by atoms with Gasteiger partial charge in [0.05, 0.1) is 0 Å². The quantitative estimate of drug-likeness (QED) is 0.255. The molecule has 154 valence electrons. The van der Waals surface area contributed by atoms with Gasteiger partial charge in [-0.15, -0.1) is 0 Å². The topological polar surface area (TPSA) is 34.1 Å². The number of ketones is 1. The van der Waals surface area contributed by atoms with E-state index in [-0.39, 0.29) is 11.7 Å². The molecule has 0 amide bonds. The van der Waals surface area contributed by atoms with Crippen LogP contribution < -0.4 is 10.6 Å². The molecule has 4 aromatic rings. The third-order valence-corrected chi connectivity index (χ3v) is 8.81. The summed E-state index contributed by atoms with van der Waals surface area (Å²) in [6.07, 6.45) is 0.942. The van der Waals surface area contributed by atoms with Crippen LogP contribution in [0.25, 0.3) is 0 Å². The van der Waals surface area contributed by atoms with Gasteiger partial charge in [-0.1, -0.05) is 121 Å². The van der Waals surface area contributed by atoms with Gasteiger partial charge in [0.2, 0.25) is 0 Å². The predicted molar refractivity (Wildman–Crippen MR) is 129 cm³/mol. The summed E-state index contributed by atoms with van der Waals surface area (Å²) < 4.78 is 14.4. The Morgan fingerprint density at radius 3 is 1.52 bits per heavy atom. The summed E-state index contributed by atoms with van der Waals surface area (Å²) in [5.74, 6) is -0.274. The molecular weight excluding hydrogens is 399 g/mol. The van der Waals surface area contributed by atoms with Gasteiger partial charge in [-0.2, -0.15) is 0 Å². The first-order valence-corrected chi connectivity index (χ1v) is 12.4. The first kappa shape index (κ1) is 21.0. The van der Waals surface area contributed by atoms with Gasteiger partial charge in [0.15, 0.2) is 5.78 Å². The predicted octanol–water partition coefficient (Wildman–Crippen LogP) is 6.06. The van der Waals surface area contributed by atoms with Crippen molar-refractivity contribution in [2.24, 2.45) is 0 Å². The molecule has 0 bridgehead atoms. The Kier molecular flexibility index (Phi) is 6.60. The molecule has 4 aromatic carbocycles. The smallest absolute Gasteiger partial charge is 0.170 e. The van der Waals surface area contributed by atoms with Crippen LogP contribution in [0.5, 0.6) is 0 Å². The molecule has 0 saturated carbocycles. The first-order chi connectivity index (χ1) is 15.2. The molecule has 0 aliphatic heterocycles. The third kappa shape index (κ3) is 4.76. The lowest BCUT2D eigenvalue weighted by molar-refractivity contribution is 0.0957. The standard InChI is InChI=1S/C28H25O2P/c29-28(24-15-7-2-8-16-24)27(23-13-5-1-6-14-23)21-22-31(30,25-17-9-3-10-18-25)26-19-11-4-12-20-26/h1-20,27H,21-22H2. The molecule has 1 unspecified atom stereocenters. The fourth-order valence-corrected chi connectivity index (χ4v) is 6.74. The van der Waals surface area contributed by atoms with E-state index in [1.54, 1.807) is 0 Å². The average molecular weight is 424 g/mol. The minimum Gasteiger partial charge on any atom is -0.314 e. The summed E-state index contributed by atoms with van der Waals surface area (Å²) in [5.41, 5.74) is 1.65. The third-order valence-electron chi connectivity index (χ3n) is 5.66. The normalized spacial score (nSPS) is 12.3. The van der Waals surface area contributed by atoms with E-state index in [4.69, 9.17) is 0 Å². The summed E-state index contributed by atoms with van der Waals surface area (Å²) in [6.45, 7) is 0. The summed E-state index contributed by atoms with van der Waals surface area (Å²) in [5, 5.41) is 1.67. The maximum absolute atomic E-state index is 14.4. The van der Waals surface area contributed by atoms with E-state index >= 15 is 0 Å². The largest absolute Gasteiger partial charge is 0.314 e. The van der Waals surface area contributed by atoms with Crippen molar-refractivity contribution in [1.29, 1.82) is 0 Å². The van der Waals surface area contributed by atoms with Gasteiger partial charge in [-0.25, -0.2) is 0 Å². The van der Waals surface area contributed by atoms with Gasteiger partial charge < -0.3 is 4.57 Å². The number of rotatable bonds is 8. The molecule has 0 saturated heterocycles. The van der Waals surface area contributed by atoms with E-state index in [9.17, 15) is 9.36 Å². The number of carbonyl (C=O) groups excluding carboxylic acids is 1. The van der Waals surface area contributed by atoms with Gasteiger partial charge in [-0.3, -0.25) is 4.79 Å². The average Bonchev–Trinajstić information content (AvgIpc) is 2.86. The van der Waals surface area contributed by atoms with E-state index in [0.29, 0.717) is 18.1 Å². The van der Waals surface area contributed by atoms with Gasteiger partial charge in [0.25, 0.3) is 0 Å². The zero-order chi connectivity index (χ0) is 21.5. The molecular formula is C28H25O2P. The highest BCUT2D eigenvalue weighted by Gasteiger charge is 2.30. The first-order valence-electron chi connectivity index (χ1n) is 10.5. The van der Waals surface area contributed by atoms with E-state index in [0.717, 1.165) is 16.2 Å². The van der Waals surface area contributed by atoms with Gasteiger partial charge in [0, 0.05) is 28.3 Å². The molecule has 0 aromatic heterocycles. The fraction of sp³-hybridized carbons (Fsp3) is 0.107. The van der Waals surface area contributed by atoms with Gasteiger partial charge >= 0.3 is 0 Å².